The number of benzene rings is 1. The third kappa shape index (κ3) is 2.70. The SMILES string of the molecule is O=[N+]([O-])c1ccc(N2CCC(N3CCNCC3)C2)c2ccncc12. The van der Waals surface area contributed by atoms with Gasteiger partial charge < -0.3 is 10.2 Å². The van der Waals surface area contributed by atoms with E-state index in [0.29, 0.717) is 11.4 Å². The molecule has 0 amide bonds. The van der Waals surface area contributed by atoms with E-state index in [0.717, 1.165) is 56.8 Å². The number of non-ortho nitro benzene ring substituents is 1. The summed E-state index contributed by atoms with van der Waals surface area (Å²) in [5, 5.41) is 16.2. The van der Waals surface area contributed by atoms with E-state index in [1.165, 1.54) is 0 Å². The molecule has 1 unspecified atom stereocenters. The molecule has 1 atom stereocenters. The lowest BCUT2D eigenvalue weighted by Gasteiger charge is -2.32. The summed E-state index contributed by atoms with van der Waals surface area (Å²) in [6.07, 6.45) is 4.45. The van der Waals surface area contributed by atoms with Crippen molar-refractivity contribution in [1.82, 2.24) is 15.2 Å². The Hall–Kier alpha value is -2.25. The summed E-state index contributed by atoms with van der Waals surface area (Å²) in [4.78, 5) is 19.9. The summed E-state index contributed by atoms with van der Waals surface area (Å²) in [5.41, 5.74) is 1.20. The number of aromatic nitrogens is 1. The summed E-state index contributed by atoms with van der Waals surface area (Å²) in [6.45, 7) is 6.29. The van der Waals surface area contributed by atoms with Gasteiger partial charge in [-0.2, -0.15) is 0 Å². The van der Waals surface area contributed by atoms with Gasteiger partial charge in [-0.15, -0.1) is 0 Å². The van der Waals surface area contributed by atoms with Crippen molar-refractivity contribution in [3.05, 3.63) is 40.7 Å². The van der Waals surface area contributed by atoms with Gasteiger partial charge in [0.15, 0.2) is 0 Å². The van der Waals surface area contributed by atoms with Gasteiger partial charge in [0.1, 0.15) is 0 Å². The molecule has 1 aromatic carbocycles. The number of hydrogen-bond acceptors (Lipinski definition) is 6. The van der Waals surface area contributed by atoms with E-state index in [1.54, 1.807) is 18.5 Å². The Morgan fingerprint density at radius 2 is 2.00 bits per heavy atom. The number of nitrogens with zero attached hydrogens (tertiary/aromatic N) is 4. The number of nitro groups is 1. The molecule has 2 fully saturated rings. The zero-order valence-corrected chi connectivity index (χ0v) is 13.5. The molecule has 126 valence electrons. The van der Waals surface area contributed by atoms with Gasteiger partial charge in [0.2, 0.25) is 0 Å². The first kappa shape index (κ1) is 15.3. The first-order valence-corrected chi connectivity index (χ1v) is 8.45. The van der Waals surface area contributed by atoms with Gasteiger partial charge in [-0.25, -0.2) is 0 Å². The largest absolute Gasteiger partial charge is 0.369 e. The molecule has 2 aliphatic rings. The summed E-state index contributed by atoms with van der Waals surface area (Å²) in [6, 6.07) is 5.95. The summed E-state index contributed by atoms with van der Waals surface area (Å²) in [5.74, 6) is 0. The van der Waals surface area contributed by atoms with Crippen LogP contribution in [0.15, 0.2) is 30.6 Å². The van der Waals surface area contributed by atoms with Gasteiger partial charge in [-0.3, -0.25) is 20.0 Å². The number of hydrogen-bond donors (Lipinski definition) is 1. The second-order valence-electron chi connectivity index (χ2n) is 6.46. The molecule has 0 bridgehead atoms. The standard InChI is InChI=1S/C17H21N5O2/c23-22(24)17-2-1-16(14-3-5-19-11-15(14)17)21-8-4-13(12-21)20-9-6-18-7-10-20/h1-3,5,11,13,18H,4,6-10,12H2. The van der Waals surface area contributed by atoms with Crippen LogP contribution in [0.25, 0.3) is 10.8 Å². The fraction of sp³-hybridized carbons (Fsp3) is 0.471. The van der Waals surface area contributed by atoms with Crippen LogP contribution < -0.4 is 10.2 Å². The fourth-order valence-electron chi connectivity index (χ4n) is 3.90. The average Bonchev–Trinajstić information content (AvgIpc) is 3.11. The Balaban J connectivity index is 1.63. The maximum Gasteiger partial charge on any atom is 0.278 e. The third-order valence-corrected chi connectivity index (χ3v) is 5.14. The molecule has 4 rings (SSSR count). The minimum absolute atomic E-state index is 0.125. The highest BCUT2D eigenvalue weighted by molar-refractivity contribution is 5.99. The van der Waals surface area contributed by atoms with Gasteiger partial charge in [-0.1, -0.05) is 0 Å². The zero-order valence-electron chi connectivity index (χ0n) is 13.5. The van der Waals surface area contributed by atoms with Crippen molar-refractivity contribution in [3.8, 4) is 0 Å². The molecule has 2 saturated heterocycles. The van der Waals surface area contributed by atoms with Gasteiger partial charge in [0, 0.05) is 74.8 Å². The molecule has 0 radical (unpaired) electrons. The highest BCUT2D eigenvalue weighted by atomic mass is 16.6. The molecule has 1 N–H and O–H groups in total. The lowest BCUT2D eigenvalue weighted by atomic mass is 10.1. The van der Waals surface area contributed by atoms with Crippen molar-refractivity contribution in [3.63, 3.8) is 0 Å². The predicted octanol–water partition coefficient (Wildman–Crippen LogP) is 1.63. The molecule has 0 saturated carbocycles. The van der Waals surface area contributed by atoms with Crippen LogP contribution in [0.3, 0.4) is 0 Å². The molecule has 7 nitrogen and oxygen atoms in total. The summed E-state index contributed by atoms with van der Waals surface area (Å²) in [7, 11) is 0. The number of nitrogens with one attached hydrogen (secondary N) is 1. The van der Waals surface area contributed by atoms with Crippen LogP contribution in [0, 0.1) is 10.1 Å². The second kappa shape index (κ2) is 6.33. The maximum atomic E-state index is 11.3. The Labute approximate surface area is 140 Å². The van der Waals surface area contributed by atoms with E-state index < -0.39 is 0 Å². The number of anilines is 1. The quantitative estimate of drug-likeness (QED) is 0.682. The molecule has 2 aliphatic heterocycles. The number of piperazine rings is 1. The van der Waals surface area contributed by atoms with Crippen molar-refractivity contribution < 1.29 is 4.92 Å². The molecule has 1 aromatic heterocycles. The van der Waals surface area contributed by atoms with E-state index in [4.69, 9.17) is 0 Å². The number of fused-ring (bicyclic) bond motifs is 1. The first-order valence-electron chi connectivity index (χ1n) is 8.45. The monoisotopic (exact) mass is 327 g/mol. The smallest absolute Gasteiger partial charge is 0.278 e. The minimum Gasteiger partial charge on any atom is -0.369 e. The molecule has 0 aliphatic carbocycles. The second-order valence-corrected chi connectivity index (χ2v) is 6.46. The van der Waals surface area contributed by atoms with Gasteiger partial charge in [0.25, 0.3) is 5.69 Å². The Kier molecular flexibility index (Phi) is 4.03. The van der Waals surface area contributed by atoms with Crippen molar-refractivity contribution in [2.24, 2.45) is 0 Å². The van der Waals surface area contributed by atoms with Crippen LogP contribution in [0.2, 0.25) is 0 Å². The van der Waals surface area contributed by atoms with Crippen LogP contribution in [-0.2, 0) is 0 Å². The average molecular weight is 327 g/mol. The lowest BCUT2D eigenvalue weighted by Crippen LogP contribution is -2.49. The highest BCUT2D eigenvalue weighted by Crippen LogP contribution is 2.35. The van der Waals surface area contributed by atoms with E-state index in [1.807, 2.05) is 12.1 Å². The van der Waals surface area contributed by atoms with Crippen LogP contribution in [0.5, 0.6) is 0 Å². The summed E-state index contributed by atoms with van der Waals surface area (Å²) < 4.78 is 0. The van der Waals surface area contributed by atoms with E-state index in [9.17, 15) is 10.1 Å². The third-order valence-electron chi connectivity index (χ3n) is 5.14. The molecule has 24 heavy (non-hydrogen) atoms. The van der Waals surface area contributed by atoms with Crippen molar-refractivity contribution in [2.45, 2.75) is 12.5 Å². The summed E-state index contributed by atoms with van der Waals surface area (Å²) >= 11 is 0. The van der Waals surface area contributed by atoms with Crippen LogP contribution in [0.4, 0.5) is 11.4 Å². The van der Waals surface area contributed by atoms with Gasteiger partial charge >= 0.3 is 0 Å². The topological polar surface area (TPSA) is 74.5 Å². The van der Waals surface area contributed by atoms with Crippen LogP contribution in [0.1, 0.15) is 6.42 Å². The molecular formula is C17H21N5O2. The Bertz CT molecular complexity index is 760. The molecule has 7 heteroatoms. The molecule has 2 aromatic rings. The van der Waals surface area contributed by atoms with Crippen LogP contribution in [-0.4, -0.2) is 60.1 Å². The molecule has 0 spiro atoms. The first-order chi connectivity index (χ1) is 11.7. The van der Waals surface area contributed by atoms with E-state index >= 15 is 0 Å². The molecule has 3 heterocycles. The lowest BCUT2D eigenvalue weighted by molar-refractivity contribution is -0.383. The number of pyridine rings is 1. The Morgan fingerprint density at radius 1 is 1.17 bits per heavy atom. The highest BCUT2D eigenvalue weighted by Gasteiger charge is 2.29. The zero-order chi connectivity index (χ0) is 16.5. The van der Waals surface area contributed by atoms with Crippen molar-refractivity contribution >= 4 is 22.1 Å². The van der Waals surface area contributed by atoms with E-state index in [2.05, 4.69) is 20.1 Å². The number of nitro benzene ring substituents is 1. The van der Waals surface area contributed by atoms with Gasteiger partial charge in [-0.05, 0) is 18.6 Å². The normalized spacial score (nSPS) is 22.2. The number of rotatable bonds is 3. The maximum absolute atomic E-state index is 11.3. The minimum atomic E-state index is -0.332. The predicted molar refractivity (Wildman–Crippen MR) is 93.5 cm³/mol. The van der Waals surface area contributed by atoms with Crippen molar-refractivity contribution in [2.75, 3.05) is 44.2 Å². The van der Waals surface area contributed by atoms with E-state index in [-0.39, 0.29) is 10.6 Å². The Morgan fingerprint density at radius 3 is 2.79 bits per heavy atom. The van der Waals surface area contributed by atoms with Crippen molar-refractivity contribution in [1.29, 1.82) is 0 Å². The van der Waals surface area contributed by atoms with Crippen LogP contribution >= 0.6 is 0 Å². The molecular weight excluding hydrogens is 306 g/mol. The van der Waals surface area contributed by atoms with Gasteiger partial charge in [0.05, 0.1) is 10.3 Å². The fourth-order valence-corrected chi connectivity index (χ4v) is 3.90.